The Bertz CT molecular complexity index is 1030. The summed E-state index contributed by atoms with van der Waals surface area (Å²) in [5, 5.41) is 0.716. The topological polar surface area (TPSA) is 54.9 Å². The molecule has 2 heterocycles. The Labute approximate surface area is 186 Å². The number of thiazole rings is 1. The molecule has 0 spiro atoms. The van der Waals surface area contributed by atoms with Gasteiger partial charge in [0.1, 0.15) is 5.75 Å². The highest BCUT2D eigenvalue weighted by atomic mass is 32.1. The summed E-state index contributed by atoms with van der Waals surface area (Å²) in [4.78, 5) is 22.1. The molecule has 0 bridgehead atoms. The first kappa shape index (κ1) is 21.5. The molecule has 2 aromatic carbocycles. The van der Waals surface area contributed by atoms with E-state index in [0.29, 0.717) is 11.7 Å². The van der Waals surface area contributed by atoms with Gasteiger partial charge >= 0.3 is 0 Å². The van der Waals surface area contributed by atoms with Gasteiger partial charge in [0.2, 0.25) is 0 Å². The van der Waals surface area contributed by atoms with Crippen LogP contribution in [0.25, 0.3) is 16.3 Å². The van der Waals surface area contributed by atoms with Crippen molar-refractivity contribution < 1.29 is 14.3 Å². The van der Waals surface area contributed by atoms with Crippen LogP contribution in [0.3, 0.4) is 0 Å². The molecule has 0 N–H and O–H groups in total. The Hall–Kier alpha value is -2.74. The predicted molar refractivity (Wildman–Crippen MR) is 126 cm³/mol. The number of fused-ring (bicyclic) bond motifs is 1. The molecule has 4 rings (SSSR count). The molecule has 6 nitrogen and oxygen atoms in total. The van der Waals surface area contributed by atoms with Gasteiger partial charge in [-0.05, 0) is 30.2 Å². The lowest BCUT2D eigenvalue weighted by atomic mass is 10.2. The monoisotopic (exact) mass is 437 g/mol. The van der Waals surface area contributed by atoms with Crippen LogP contribution in [0.4, 0.5) is 5.13 Å². The van der Waals surface area contributed by atoms with Crippen molar-refractivity contribution in [2.24, 2.45) is 0 Å². The van der Waals surface area contributed by atoms with Gasteiger partial charge in [-0.2, -0.15) is 0 Å². The highest BCUT2D eigenvalue weighted by molar-refractivity contribution is 7.22. The van der Waals surface area contributed by atoms with Gasteiger partial charge in [-0.15, -0.1) is 0 Å². The minimum absolute atomic E-state index is 0.0585. The van der Waals surface area contributed by atoms with Gasteiger partial charge in [0, 0.05) is 38.3 Å². The molecule has 0 aliphatic carbocycles. The molecule has 0 radical (unpaired) electrons. The van der Waals surface area contributed by atoms with E-state index in [4.69, 9.17) is 14.5 Å². The van der Waals surface area contributed by atoms with Crippen molar-refractivity contribution in [1.29, 1.82) is 0 Å². The number of aromatic nitrogens is 1. The first-order valence-electron chi connectivity index (χ1n) is 10.5. The molecule has 162 valence electrons. The first-order chi connectivity index (χ1) is 15.2. The normalized spacial score (nSPS) is 14.9. The average molecular weight is 438 g/mol. The average Bonchev–Trinajstić information content (AvgIpc) is 3.24. The molecule has 3 aromatic rings. The molecule has 31 heavy (non-hydrogen) atoms. The van der Waals surface area contributed by atoms with E-state index >= 15 is 0 Å². The summed E-state index contributed by atoms with van der Waals surface area (Å²) < 4.78 is 11.8. The minimum atomic E-state index is -0.0585. The number of morpholine rings is 1. The third-order valence-corrected chi connectivity index (χ3v) is 6.32. The van der Waals surface area contributed by atoms with Crippen molar-refractivity contribution in [3.63, 3.8) is 0 Å². The van der Waals surface area contributed by atoms with E-state index in [1.807, 2.05) is 54.6 Å². The molecule has 1 amide bonds. The molecule has 0 saturated carbocycles. The quantitative estimate of drug-likeness (QED) is 0.497. The van der Waals surface area contributed by atoms with Crippen molar-refractivity contribution in [3.8, 4) is 5.75 Å². The van der Waals surface area contributed by atoms with E-state index in [9.17, 15) is 4.79 Å². The number of ether oxygens (including phenoxy) is 2. The largest absolute Gasteiger partial charge is 0.497 e. The molecular weight excluding hydrogens is 410 g/mol. The number of rotatable bonds is 8. The second kappa shape index (κ2) is 10.5. The van der Waals surface area contributed by atoms with E-state index < -0.39 is 0 Å². The molecule has 7 heteroatoms. The van der Waals surface area contributed by atoms with E-state index in [-0.39, 0.29) is 5.91 Å². The second-order valence-corrected chi connectivity index (χ2v) is 8.38. The Morgan fingerprint density at radius 1 is 1.23 bits per heavy atom. The number of carbonyl (C=O) groups excluding carboxylic acids is 1. The van der Waals surface area contributed by atoms with Crippen molar-refractivity contribution in [1.82, 2.24) is 9.88 Å². The molecule has 1 aromatic heterocycles. The fourth-order valence-electron chi connectivity index (χ4n) is 3.54. The predicted octanol–water partition coefficient (Wildman–Crippen LogP) is 4.07. The number of hydrogen-bond donors (Lipinski definition) is 0. The maximum absolute atomic E-state index is 13.1. The van der Waals surface area contributed by atoms with Gasteiger partial charge in [0.25, 0.3) is 5.91 Å². The lowest BCUT2D eigenvalue weighted by molar-refractivity contribution is -0.114. The summed E-state index contributed by atoms with van der Waals surface area (Å²) in [6, 6.07) is 15.7. The van der Waals surface area contributed by atoms with Crippen LogP contribution in [0.2, 0.25) is 0 Å². The SMILES string of the molecule is COc1ccc2sc(N(CCCN3CCOCC3)C(=O)/C=C/c3ccccc3)nc2c1. The third kappa shape index (κ3) is 5.70. The standard InChI is InChI=1S/C24H27N3O3S/c1-29-20-9-10-22-21(18-20)25-24(31-22)27(13-5-12-26-14-16-30-17-15-26)23(28)11-8-19-6-3-2-4-7-19/h2-4,6-11,18H,5,12-17H2,1H3/b11-8+. The van der Waals surface area contributed by atoms with Crippen LogP contribution in [0.1, 0.15) is 12.0 Å². The molecule has 0 unspecified atom stereocenters. The Kier molecular flexibility index (Phi) is 7.30. The second-order valence-electron chi connectivity index (χ2n) is 7.37. The van der Waals surface area contributed by atoms with Crippen molar-refractivity contribution in [3.05, 3.63) is 60.2 Å². The number of carbonyl (C=O) groups is 1. The van der Waals surface area contributed by atoms with Crippen molar-refractivity contribution >= 4 is 38.7 Å². The third-order valence-electron chi connectivity index (χ3n) is 5.26. The van der Waals surface area contributed by atoms with Crippen molar-refractivity contribution in [2.45, 2.75) is 6.42 Å². The van der Waals surface area contributed by atoms with E-state index in [2.05, 4.69) is 4.90 Å². The summed E-state index contributed by atoms with van der Waals surface area (Å²) in [5.74, 6) is 0.704. The summed E-state index contributed by atoms with van der Waals surface area (Å²) >= 11 is 1.53. The fraction of sp³-hybridized carbons (Fsp3) is 0.333. The Morgan fingerprint density at radius 2 is 2.03 bits per heavy atom. The highest BCUT2D eigenvalue weighted by Gasteiger charge is 2.19. The van der Waals surface area contributed by atoms with Crippen LogP contribution >= 0.6 is 11.3 Å². The van der Waals surface area contributed by atoms with Gasteiger partial charge in [-0.3, -0.25) is 14.6 Å². The highest BCUT2D eigenvalue weighted by Crippen LogP contribution is 2.31. The van der Waals surface area contributed by atoms with Gasteiger partial charge in [0.05, 0.1) is 30.5 Å². The molecule has 1 saturated heterocycles. The summed E-state index contributed by atoms with van der Waals surface area (Å²) in [6.45, 7) is 5.01. The zero-order valence-corrected chi connectivity index (χ0v) is 18.5. The number of amides is 1. The van der Waals surface area contributed by atoms with E-state index in [1.54, 1.807) is 18.1 Å². The molecule has 1 aliphatic heterocycles. The van der Waals surface area contributed by atoms with Crippen LogP contribution in [0.5, 0.6) is 5.75 Å². The van der Waals surface area contributed by atoms with Crippen LogP contribution in [0, 0.1) is 0 Å². The van der Waals surface area contributed by atoms with Crippen LogP contribution in [-0.4, -0.2) is 62.3 Å². The molecule has 1 fully saturated rings. The summed E-state index contributed by atoms with van der Waals surface area (Å²) in [7, 11) is 1.64. The van der Waals surface area contributed by atoms with Crippen LogP contribution in [-0.2, 0) is 9.53 Å². The number of hydrogen-bond acceptors (Lipinski definition) is 6. The fourth-order valence-corrected chi connectivity index (χ4v) is 4.51. The smallest absolute Gasteiger partial charge is 0.252 e. The maximum atomic E-state index is 13.1. The van der Waals surface area contributed by atoms with Crippen LogP contribution in [0.15, 0.2) is 54.6 Å². The van der Waals surface area contributed by atoms with Gasteiger partial charge in [-0.25, -0.2) is 4.98 Å². The minimum Gasteiger partial charge on any atom is -0.497 e. The first-order valence-corrected chi connectivity index (χ1v) is 11.3. The molecular formula is C24H27N3O3S. The number of methoxy groups -OCH3 is 1. The Morgan fingerprint density at radius 3 is 2.81 bits per heavy atom. The zero-order chi connectivity index (χ0) is 21.5. The Balaban J connectivity index is 1.52. The van der Waals surface area contributed by atoms with E-state index in [1.165, 1.54) is 11.3 Å². The van der Waals surface area contributed by atoms with Gasteiger partial charge < -0.3 is 9.47 Å². The maximum Gasteiger partial charge on any atom is 0.252 e. The molecule has 1 aliphatic rings. The lowest BCUT2D eigenvalue weighted by Gasteiger charge is -2.27. The van der Waals surface area contributed by atoms with Gasteiger partial charge in [-0.1, -0.05) is 41.7 Å². The number of nitrogens with zero attached hydrogens (tertiary/aromatic N) is 3. The summed E-state index contributed by atoms with van der Waals surface area (Å²) in [6.07, 6.45) is 4.37. The van der Waals surface area contributed by atoms with Crippen LogP contribution < -0.4 is 9.64 Å². The van der Waals surface area contributed by atoms with Gasteiger partial charge in [0.15, 0.2) is 5.13 Å². The van der Waals surface area contributed by atoms with Crippen molar-refractivity contribution in [2.75, 3.05) is 51.4 Å². The molecule has 0 atom stereocenters. The number of benzene rings is 2. The number of anilines is 1. The zero-order valence-electron chi connectivity index (χ0n) is 17.7. The van der Waals surface area contributed by atoms with E-state index in [0.717, 1.165) is 60.8 Å². The lowest BCUT2D eigenvalue weighted by Crippen LogP contribution is -2.39. The summed E-state index contributed by atoms with van der Waals surface area (Å²) in [5.41, 5.74) is 1.84.